The van der Waals surface area contributed by atoms with Gasteiger partial charge in [0.2, 0.25) is 6.17 Å². The second-order valence-electron chi connectivity index (χ2n) is 5.36. The predicted octanol–water partition coefficient (Wildman–Crippen LogP) is 1.63. The summed E-state index contributed by atoms with van der Waals surface area (Å²) in [4.78, 5) is 12.3. The van der Waals surface area contributed by atoms with Crippen molar-refractivity contribution in [3.05, 3.63) is 34.3 Å². The van der Waals surface area contributed by atoms with Crippen molar-refractivity contribution >= 4 is 66.5 Å². The number of amides is 1. The van der Waals surface area contributed by atoms with Crippen LogP contribution < -0.4 is 10.6 Å². The summed E-state index contributed by atoms with van der Waals surface area (Å²) in [7, 11) is -3.05. The molecule has 0 aromatic heterocycles. The van der Waals surface area contributed by atoms with Gasteiger partial charge in [-0.3, -0.25) is 10.1 Å². The van der Waals surface area contributed by atoms with Crippen LogP contribution in [0, 0.1) is 0 Å². The van der Waals surface area contributed by atoms with E-state index in [0.717, 1.165) is 4.47 Å². The second kappa shape index (κ2) is 7.45. The number of quaternary nitrogens is 1. The molecule has 3 N–H and O–H groups in total. The lowest BCUT2D eigenvalue weighted by Gasteiger charge is -2.25. The highest BCUT2D eigenvalue weighted by Crippen LogP contribution is 2.28. The number of carbonyl (C=O) groups is 1. The predicted molar refractivity (Wildman–Crippen MR) is 94.7 cm³/mol. The Kier molecular flexibility index (Phi) is 6.25. The topological polar surface area (TPSA) is 79.8 Å². The maximum Gasteiger partial charge on any atom is 0.262 e. The fourth-order valence-corrected chi connectivity index (χ4v) is 4.72. The SMILES string of the molecule is O=C(NC([NH2+]C1CCS(=O)(=O)C1)C(Cl)(Cl)Cl)c1ccc(Br)cc1. The molecule has 0 bridgehead atoms. The van der Waals surface area contributed by atoms with Gasteiger partial charge in [0, 0.05) is 16.5 Å². The van der Waals surface area contributed by atoms with E-state index < -0.39 is 25.7 Å². The molecule has 0 saturated carbocycles. The summed E-state index contributed by atoms with van der Waals surface area (Å²) in [6.45, 7) is 0. The van der Waals surface area contributed by atoms with Crippen molar-refractivity contribution < 1.29 is 18.5 Å². The summed E-state index contributed by atoms with van der Waals surface area (Å²) >= 11 is 21.1. The Balaban J connectivity index is 2.07. The van der Waals surface area contributed by atoms with Crippen LogP contribution in [0.25, 0.3) is 0 Å². The fraction of sp³-hybridized carbons (Fsp3) is 0.462. The molecule has 1 aromatic carbocycles. The number of carbonyl (C=O) groups excluding carboxylic acids is 1. The molecule has 1 saturated heterocycles. The first kappa shape index (κ1) is 19.3. The number of nitrogens with one attached hydrogen (secondary N) is 1. The first-order valence-electron chi connectivity index (χ1n) is 6.75. The molecule has 1 aromatic rings. The fourth-order valence-electron chi connectivity index (χ4n) is 2.31. The number of sulfone groups is 1. The number of hydrogen-bond acceptors (Lipinski definition) is 3. The Morgan fingerprint density at radius 3 is 2.39 bits per heavy atom. The van der Waals surface area contributed by atoms with Crippen molar-refractivity contribution in [3.8, 4) is 0 Å². The van der Waals surface area contributed by atoms with Gasteiger partial charge in [0.1, 0.15) is 11.8 Å². The minimum atomic E-state index is -3.05. The summed E-state index contributed by atoms with van der Waals surface area (Å²) in [5, 5.41) is 4.25. The lowest BCUT2D eigenvalue weighted by Crippen LogP contribution is -3.00. The number of hydrogen-bond donors (Lipinski definition) is 2. The summed E-state index contributed by atoms with van der Waals surface area (Å²) in [6, 6.07) is 6.48. The summed E-state index contributed by atoms with van der Waals surface area (Å²) < 4.78 is 22.1. The standard InChI is InChI=1S/C13H14BrCl3N2O3S/c14-9-3-1-8(2-4-9)11(20)19-12(13(15,16)17)18-10-5-6-23(21,22)7-10/h1-4,10,12,18H,5-7H2,(H,19,20)/p+1. The molecule has 0 spiro atoms. The molecule has 1 heterocycles. The zero-order chi connectivity index (χ0) is 17.3. The maximum atomic E-state index is 12.3. The molecule has 128 valence electrons. The Hall–Kier alpha value is -0.0500. The number of nitrogens with two attached hydrogens (primary N) is 1. The van der Waals surface area contributed by atoms with Crippen molar-refractivity contribution in [1.29, 1.82) is 0 Å². The first-order chi connectivity index (χ1) is 10.6. The van der Waals surface area contributed by atoms with Crippen LogP contribution in [0.1, 0.15) is 16.8 Å². The average molecular weight is 466 g/mol. The third-order valence-corrected chi connectivity index (χ3v) is 6.51. The Labute approximate surface area is 158 Å². The molecule has 1 aliphatic heterocycles. The average Bonchev–Trinajstić information content (AvgIpc) is 2.77. The van der Waals surface area contributed by atoms with Crippen molar-refractivity contribution in [2.45, 2.75) is 22.4 Å². The molecule has 1 amide bonds. The van der Waals surface area contributed by atoms with Crippen molar-refractivity contribution in [2.75, 3.05) is 11.5 Å². The highest BCUT2D eigenvalue weighted by Gasteiger charge is 2.42. The Bertz CT molecular complexity index is 677. The molecular formula is C13H15BrCl3N2O3S+. The lowest BCUT2D eigenvalue weighted by atomic mass is 10.2. The van der Waals surface area contributed by atoms with E-state index in [1.54, 1.807) is 29.6 Å². The van der Waals surface area contributed by atoms with Crippen molar-refractivity contribution in [2.24, 2.45) is 0 Å². The van der Waals surface area contributed by atoms with Gasteiger partial charge in [0.05, 0.1) is 5.75 Å². The lowest BCUT2D eigenvalue weighted by molar-refractivity contribution is -0.719. The highest BCUT2D eigenvalue weighted by atomic mass is 79.9. The third kappa shape index (κ3) is 5.76. The minimum Gasteiger partial charge on any atom is -0.320 e. The minimum absolute atomic E-state index is 0.0123. The van der Waals surface area contributed by atoms with Gasteiger partial charge in [-0.15, -0.1) is 0 Å². The van der Waals surface area contributed by atoms with E-state index in [-0.39, 0.29) is 17.5 Å². The largest absolute Gasteiger partial charge is 0.320 e. The van der Waals surface area contributed by atoms with Crippen LogP contribution in [0.15, 0.2) is 28.7 Å². The molecule has 2 unspecified atom stereocenters. The molecule has 1 fully saturated rings. The second-order valence-corrected chi connectivity index (χ2v) is 10.9. The zero-order valence-corrected chi connectivity index (χ0v) is 16.5. The van der Waals surface area contributed by atoms with Crippen LogP contribution in [0.4, 0.5) is 0 Å². The molecule has 5 nitrogen and oxygen atoms in total. The number of alkyl halides is 3. The molecule has 0 aliphatic carbocycles. The van der Waals surface area contributed by atoms with Gasteiger partial charge >= 0.3 is 0 Å². The third-order valence-electron chi connectivity index (χ3n) is 3.48. The van der Waals surface area contributed by atoms with E-state index in [1.807, 2.05) is 0 Å². The maximum absolute atomic E-state index is 12.3. The van der Waals surface area contributed by atoms with E-state index in [9.17, 15) is 13.2 Å². The van der Waals surface area contributed by atoms with Gasteiger partial charge in [-0.2, -0.15) is 0 Å². The van der Waals surface area contributed by atoms with Crippen LogP contribution in [0.3, 0.4) is 0 Å². The number of rotatable bonds is 4. The van der Waals surface area contributed by atoms with Crippen LogP contribution >= 0.6 is 50.7 Å². The van der Waals surface area contributed by atoms with Crippen LogP contribution in [0.2, 0.25) is 0 Å². The first-order valence-corrected chi connectivity index (χ1v) is 10.5. The van der Waals surface area contributed by atoms with Crippen LogP contribution in [-0.2, 0) is 9.84 Å². The highest BCUT2D eigenvalue weighted by molar-refractivity contribution is 9.10. The van der Waals surface area contributed by atoms with Gasteiger partial charge in [-0.1, -0.05) is 50.7 Å². The smallest absolute Gasteiger partial charge is 0.262 e. The monoisotopic (exact) mass is 463 g/mol. The molecule has 0 radical (unpaired) electrons. The molecule has 23 heavy (non-hydrogen) atoms. The van der Waals surface area contributed by atoms with E-state index in [4.69, 9.17) is 34.8 Å². The van der Waals surface area contributed by atoms with Gasteiger partial charge in [-0.05, 0) is 24.3 Å². The van der Waals surface area contributed by atoms with E-state index in [1.165, 1.54) is 0 Å². The quantitative estimate of drug-likeness (QED) is 0.524. The van der Waals surface area contributed by atoms with Crippen LogP contribution in [0.5, 0.6) is 0 Å². The van der Waals surface area contributed by atoms with Gasteiger partial charge in [-0.25, -0.2) is 8.42 Å². The van der Waals surface area contributed by atoms with E-state index in [0.29, 0.717) is 12.0 Å². The summed E-state index contributed by atoms with van der Waals surface area (Å²) in [5.74, 6) is -0.272. The number of halogens is 4. The zero-order valence-electron chi connectivity index (χ0n) is 11.8. The normalized spacial score (nSPS) is 21.8. The molecule has 10 heteroatoms. The Morgan fingerprint density at radius 1 is 1.30 bits per heavy atom. The Morgan fingerprint density at radius 2 is 1.91 bits per heavy atom. The van der Waals surface area contributed by atoms with Crippen LogP contribution in [-0.4, -0.2) is 41.8 Å². The molecule has 2 rings (SSSR count). The van der Waals surface area contributed by atoms with Crippen molar-refractivity contribution in [1.82, 2.24) is 5.32 Å². The molecule has 1 aliphatic rings. The van der Waals surface area contributed by atoms with E-state index in [2.05, 4.69) is 21.2 Å². The van der Waals surface area contributed by atoms with Gasteiger partial charge in [0.15, 0.2) is 9.84 Å². The van der Waals surface area contributed by atoms with E-state index >= 15 is 0 Å². The van der Waals surface area contributed by atoms with Crippen molar-refractivity contribution in [3.63, 3.8) is 0 Å². The number of benzene rings is 1. The van der Waals surface area contributed by atoms with Gasteiger partial charge < -0.3 is 5.32 Å². The molecule has 2 atom stereocenters. The summed E-state index contributed by atoms with van der Waals surface area (Å²) in [6.07, 6.45) is -0.421. The van der Waals surface area contributed by atoms with Gasteiger partial charge in [0.25, 0.3) is 9.70 Å². The molecular weight excluding hydrogens is 450 g/mol. The summed E-state index contributed by atoms with van der Waals surface area (Å²) in [5.41, 5.74) is 0.417.